The van der Waals surface area contributed by atoms with Gasteiger partial charge >= 0.3 is 0 Å². The van der Waals surface area contributed by atoms with E-state index in [1.54, 1.807) is 22.7 Å². The largest absolute Gasteiger partial charge is 0.493 e. The number of piperidine rings is 1. The van der Waals surface area contributed by atoms with Gasteiger partial charge in [-0.15, -0.1) is 5.10 Å². The lowest BCUT2D eigenvalue weighted by Crippen LogP contribution is -2.39. The van der Waals surface area contributed by atoms with Crippen LogP contribution in [0, 0.1) is 18.8 Å². The molecule has 4 rings (SSSR count). The van der Waals surface area contributed by atoms with E-state index >= 15 is 0 Å². The van der Waals surface area contributed by atoms with E-state index in [1.807, 2.05) is 13.8 Å². The number of aromatic amines is 1. The minimum absolute atomic E-state index is 0.0659. The van der Waals surface area contributed by atoms with Crippen molar-refractivity contribution in [3.63, 3.8) is 0 Å². The van der Waals surface area contributed by atoms with Crippen molar-refractivity contribution < 1.29 is 18.3 Å². The molecular weight excluding hydrogens is 542 g/mol. The van der Waals surface area contributed by atoms with Crippen LogP contribution in [-0.2, 0) is 16.4 Å². The highest BCUT2D eigenvalue weighted by Crippen LogP contribution is 2.33. The Morgan fingerprint density at radius 3 is 2.56 bits per heavy atom. The van der Waals surface area contributed by atoms with Crippen LogP contribution in [0.3, 0.4) is 0 Å². The molecule has 1 aliphatic rings. The summed E-state index contributed by atoms with van der Waals surface area (Å²) in [5.74, 6) is 1.98. The van der Waals surface area contributed by atoms with Crippen molar-refractivity contribution in [3.05, 3.63) is 40.1 Å². The summed E-state index contributed by atoms with van der Waals surface area (Å²) in [5, 5.41) is 14.3. The highest BCUT2D eigenvalue weighted by molar-refractivity contribution is 7.89. The second kappa shape index (κ2) is 13.9. The van der Waals surface area contributed by atoms with E-state index in [1.165, 1.54) is 17.1 Å². The third-order valence-corrected chi connectivity index (χ3v) is 10.0. The summed E-state index contributed by atoms with van der Waals surface area (Å²) < 4.78 is 36.3. The predicted octanol–water partition coefficient (Wildman–Crippen LogP) is 4.72. The summed E-state index contributed by atoms with van der Waals surface area (Å²) in [6, 6.07) is 4.74. The van der Waals surface area contributed by atoms with Gasteiger partial charge in [0.05, 0.1) is 22.8 Å². The maximum absolute atomic E-state index is 13.6. The number of ether oxygens (including phenoxy) is 1. The van der Waals surface area contributed by atoms with Gasteiger partial charge in [-0.05, 0) is 56.2 Å². The summed E-state index contributed by atoms with van der Waals surface area (Å²) in [6.07, 6.45) is 8.34. The van der Waals surface area contributed by atoms with Crippen LogP contribution in [0.2, 0.25) is 0 Å². The number of rotatable bonds is 14. The first-order valence-electron chi connectivity index (χ1n) is 15.1. The Morgan fingerprint density at radius 2 is 1.90 bits per heavy atom. The smallest absolute Gasteiger partial charge is 0.277 e. The van der Waals surface area contributed by atoms with Gasteiger partial charge in [0, 0.05) is 26.1 Å². The van der Waals surface area contributed by atoms with Crippen molar-refractivity contribution in [2.24, 2.45) is 11.8 Å². The van der Waals surface area contributed by atoms with Gasteiger partial charge in [0.25, 0.3) is 5.56 Å². The molecule has 0 amide bonds. The molecular formula is C30H45N5O5S. The number of aryl methyl sites for hydroxylation is 1. The number of aromatic nitrogens is 4. The zero-order chi connectivity index (χ0) is 29.6. The molecule has 11 heteroatoms. The van der Waals surface area contributed by atoms with Gasteiger partial charge in [-0.3, -0.25) is 4.79 Å². The molecule has 0 saturated carbocycles. The number of H-pyrrole nitrogens is 1. The van der Waals surface area contributed by atoms with Crippen LogP contribution in [0.15, 0.2) is 27.9 Å². The van der Waals surface area contributed by atoms with Crippen molar-refractivity contribution in [2.75, 3.05) is 26.3 Å². The SMILES string of the molecule is CCCCCC(CC)Cc1nc(C)c2c(=O)[nH]c(-c3cc(S(=O)(=O)N4CCC(CO)CC4)ccc3OCCC)nn12. The van der Waals surface area contributed by atoms with Gasteiger partial charge < -0.3 is 14.8 Å². The molecule has 1 fully saturated rings. The summed E-state index contributed by atoms with van der Waals surface area (Å²) in [4.78, 5) is 21.1. The van der Waals surface area contributed by atoms with Crippen LogP contribution in [-0.4, -0.2) is 63.7 Å². The lowest BCUT2D eigenvalue weighted by Gasteiger charge is -2.30. The second-order valence-corrected chi connectivity index (χ2v) is 13.1. The second-order valence-electron chi connectivity index (χ2n) is 11.2. The number of nitrogens with one attached hydrogen (secondary N) is 1. The van der Waals surface area contributed by atoms with Gasteiger partial charge in [0.15, 0.2) is 11.3 Å². The monoisotopic (exact) mass is 587 g/mol. The number of aliphatic hydroxyl groups excluding tert-OH is 1. The first-order valence-corrected chi connectivity index (χ1v) is 16.5. The number of sulfonamides is 1. The number of benzene rings is 1. The number of imidazole rings is 1. The maximum Gasteiger partial charge on any atom is 0.277 e. The maximum atomic E-state index is 13.6. The fourth-order valence-electron chi connectivity index (χ4n) is 5.55. The van der Waals surface area contributed by atoms with Gasteiger partial charge in [0.1, 0.15) is 11.6 Å². The van der Waals surface area contributed by atoms with Crippen molar-refractivity contribution in [3.8, 4) is 17.1 Å². The molecule has 1 atom stereocenters. The molecule has 2 N–H and O–H groups in total. The Morgan fingerprint density at radius 1 is 1.15 bits per heavy atom. The Hall–Kier alpha value is -2.76. The summed E-state index contributed by atoms with van der Waals surface area (Å²) in [6.45, 7) is 9.39. The van der Waals surface area contributed by atoms with Gasteiger partial charge in [-0.2, -0.15) is 4.31 Å². The first-order chi connectivity index (χ1) is 19.7. The summed E-state index contributed by atoms with van der Waals surface area (Å²) >= 11 is 0. The number of unbranched alkanes of at least 4 members (excludes halogenated alkanes) is 2. The van der Waals surface area contributed by atoms with E-state index in [4.69, 9.17) is 14.8 Å². The molecule has 3 aromatic rings. The first kappa shape index (κ1) is 31.2. The number of fused-ring (bicyclic) bond motifs is 1. The molecule has 2 aromatic heterocycles. The van der Waals surface area contributed by atoms with E-state index < -0.39 is 10.0 Å². The Bertz CT molecular complexity index is 1470. The fourth-order valence-corrected chi connectivity index (χ4v) is 7.05. The van der Waals surface area contributed by atoms with Crippen molar-refractivity contribution in [2.45, 2.75) is 90.4 Å². The average Bonchev–Trinajstić information content (AvgIpc) is 3.30. The standard InChI is InChI=1S/C30H45N5O5S/c1-5-8-9-10-22(7-3)18-27-31-21(4)28-30(37)32-29(33-35(27)28)25-19-24(11-12-26(25)40-17-6-2)41(38,39)34-15-13-23(20-36)14-16-34/h11-12,19,22-23,36H,5-10,13-18,20H2,1-4H3,(H,32,33,37). The molecule has 1 aromatic carbocycles. The zero-order valence-electron chi connectivity index (χ0n) is 24.9. The topological polar surface area (TPSA) is 130 Å². The number of hydrogen-bond donors (Lipinski definition) is 2. The molecule has 0 bridgehead atoms. The van der Waals surface area contributed by atoms with Crippen molar-refractivity contribution in [1.82, 2.24) is 23.9 Å². The van der Waals surface area contributed by atoms with Crippen molar-refractivity contribution >= 4 is 15.5 Å². The molecule has 1 saturated heterocycles. The minimum atomic E-state index is -3.79. The normalized spacial score (nSPS) is 15.9. The summed E-state index contributed by atoms with van der Waals surface area (Å²) in [7, 11) is -3.79. The van der Waals surface area contributed by atoms with Crippen LogP contribution in [0.4, 0.5) is 0 Å². The zero-order valence-corrected chi connectivity index (χ0v) is 25.7. The van der Waals surface area contributed by atoms with Crippen LogP contribution in [0.25, 0.3) is 16.9 Å². The average molecular weight is 588 g/mol. The van der Waals surface area contributed by atoms with Gasteiger partial charge in [-0.25, -0.2) is 17.9 Å². The lowest BCUT2D eigenvalue weighted by atomic mass is 9.95. The molecule has 41 heavy (non-hydrogen) atoms. The Kier molecular flexibility index (Phi) is 10.6. The predicted molar refractivity (Wildman–Crippen MR) is 160 cm³/mol. The molecule has 1 unspecified atom stereocenters. The third-order valence-electron chi connectivity index (χ3n) is 8.14. The number of aliphatic hydroxyl groups is 1. The van der Waals surface area contributed by atoms with E-state index in [0.29, 0.717) is 67.4 Å². The molecule has 0 spiro atoms. The quantitative estimate of drug-likeness (QED) is 0.261. The van der Waals surface area contributed by atoms with Crippen LogP contribution >= 0.6 is 0 Å². The van der Waals surface area contributed by atoms with Crippen molar-refractivity contribution in [1.29, 1.82) is 0 Å². The highest BCUT2D eigenvalue weighted by Gasteiger charge is 2.30. The van der Waals surface area contributed by atoms with Gasteiger partial charge in [-0.1, -0.05) is 52.9 Å². The lowest BCUT2D eigenvalue weighted by molar-refractivity contribution is 0.170. The highest BCUT2D eigenvalue weighted by atomic mass is 32.2. The van der Waals surface area contributed by atoms with Crippen LogP contribution in [0.5, 0.6) is 5.75 Å². The molecule has 0 radical (unpaired) electrons. The third kappa shape index (κ3) is 7.01. The Labute approximate surface area is 243 Å². The van der Waals surface area contributed by atoms with Crippen LogP contribution in [0.1, 0.15) is 83.7 Å². The van der Waals surface area contributed by atoms with E-state index in [0.717, 1.165) is 31.5 Å². The Balaban J connectivity index is 1.76. The summed E-state index contributed by atoms with van der Waals surface area (Å²) in [5.41, 5.74) is 1.11. The fraction of sp³-hybridized carbons (Fsp3) is 0.633. The number of hydrogen-bond acceptors (Lipinski definition) is 7. The van der Waals surface area contributed by atoms with E-state index in [9.17, 15) is 18.3 Å². The number of nitrogens with zero attached hydrogens (tertiary/aromatic N) is 4. The molecule has 3 heterocycles. The molecule has 1 aliphatic heterocycles. The minimum Gasteiger partial charge on any atom is -0.493 e. The van der Waals surface area contributed by atoms with Crippen LogP contribution < -0.4 is 10.3 Å². The van der Waals surface area contributed by atoms with E-state index in [2.05, 4.69) is 18.8 Å². The molecule has 0 aliphatic carbocycles. The van der Waals surface area contributed by atoms with Gasteiger partial charge in [0.2, 0.25) is 10.0 Å². The molecule has 226 valence electrons. The van der Waals surface area contributed by atoms with E-state index in [-0.39, 0.29) is 28.8 Å². The molecule has 10 nitrogen and oxygen atoms in total.